The summed E-state index contributed by atoms with van der Waals surface area (Å²) in [5.74, 6) is 0.817. The number of ether oxygens (including phenoxy) is 1. The van der Waals surface area contributed by atoms with E-state index in [1.165, 1.54) is 3.57 Å². The molecule has 0 spiro atoms. The van der Waals surface area contributed by atoms with Crippen molar-refractivity contribution in [3.05, 3.63) is 50.8 Å². The first-order chi connectivity index (χ1) is 7.74. The van der Waals surface area contributed by atoms with Crippen LogP contribution in [0.15, 0.2) is 36.4 Å². The molecule has 2 rings (SSSR count). The predicted octanol–water partition coefficient (Wildman–Crippen LogP) is 3.31. The van der Waals surface area contributed by atoms with Crippen LogP contribution in [0.5, 0.6) is 5.75 Å². The molecule has 16 heavy (non-hydrogen) atoms. The van der Waals surface area contributed by atoms with Crippen LogP contribution in [0.2, 0.25) is 5.15 Å². The fourth-order valence-electron chi connectivity index (χ4n) is 1.11. The van der Waals surface area contributed by atoms with E-state index >= 15 is 0 Å². The molecule has 0 radical (unpaired) electrons. The summed E-state index contributed by atoms with van der Waals surface area (Å²) in [5.41, 5.74) is 0.753. The van der Waals surface area contributed by atoms with Gasteiger partial charge in [-0.05, 0) is 59.0 Å². The Hall–Kier alpha value is -0.880. The molecule has 0 aliphatic rings. The van der Waals surface area contributed by atoms with Gasteiger partial charge in [-0.15, -0.1) is 5.10 Å². The van der Waals surface area contributed by atoms with Crippen LogP contribution in [0.1, 0.15) is 5.69 Å². The molecule has 0 aliphatic carbocycles. The highest BCUT2D eigenvalue weighted by atomic mass is 127. The molecule has 0 atom stereocenters. The number of halogens is 2. The van der Waals surface area contributed by atoms with Crippen molar-refractivity contribution in [1.82, 2.24) is 10.2 Å². The van der Waals surface area contributed by atoms with Crippen molar-refractivity contribution < 1.29 is 4.74 Å². The van der Waals surface area contributed by atoms with Crippen LogP contribution in [0.25, 0.3) is 0 Å². The third kappa shape index (κ3) is 3.31. The molecule has 82 valence electrons. The average Bonchev–Trinajstić information content (AvgIpc) is 2.30. The summed E-state index contributed by atoms with van der Waals surface area (Å²) in [6.45, 7) is 0.394. The quantitative estimate of drug-likeness (QED) is 0.800. The minimum atomic E-state index is 0.387. The van der Waals surface area contributed by atoms with Gasteiger partial charge in [0, 0.05) is 3.57 Å². The third-order valence-electron chi connectivity index (χ3n) is 1.89. The van der Waals surface area contributed by atoms with E-state index in [1.807, 2.05) is 24.3 Å². The standard InChI is InChI=1S/C11H8ClIN2O/c12-11-6-3-9(14-15-11)7-16-10-4-1-8(13)2-5-10/h1-6H,7H2. The highest BCUT2D eigenvalue weighted by molar-refractivity contribution is 14.1. The molecular weight excluding hydrogens is 338 g/mol. The van der Waals surface area contributed by atoms with Gasteiger partial charge in [-0.1, -0.05) is 11.6 Å². The first-order valence-electron chi connectivity index (χ1n) is 4.60. The zero-order valence-electron chi connectivity index (χ0n) is 8.23. The van der Waals surface area contributed by atoms with Gasteiger partial charge < -0.3 is 4.74 Å². The zero-order chi connectivity index (χ0) is 11.4. The van der Waals surface area contributed by atoms with E-state index in [-0.39, 0.29) is 0 Å². The van der Waals surface area contributed by atoms with Crippen molar-refractivity contribution in [2.75, 3.05) is 0 Å². The van der Waals surface area contributed by atoms with Crippen LogP contribution >= 0.6 is 34.2 Å². The summed E-state index contributed by atoms with van der Waals surface area (Å²) >= 11 is 7.88. The maximum absolute atomic E-state index is 5.63. The maximum Gasteiger partial charge on any atom is 0.151 e. The first kappa shape index (κ1) is 11.6. The topological polar surface area (TPSA) is 35.0 Å². The van der Waals surface area contributed by atoms with E-state index in [1.54, 1.807) is 12.1 Å². The molecule has 3 nitrogen and oxygen atoms in total. The van der Waals surface area contributed by atoms with Crippen molar-refractivity contribution in [2.24, 2.45) is 0 Å². The number of hydrogen-bond acceptors (Lipinski definition) is 3. The molecule has 0 N–H and O–H groups in total. The van der Waals surface area contributed by atoms with Crippen molar-refractivity contribution in [2.45, 2.75) is 6.61 Å². The Morgan fingerprint density at radius 3 is 2.44 bits per heavy atom. The fraction of sp³-hybridized carbons (Fsp3) is 0.0909. The van der Waals surface area contributed by atoms with E-state index in [0.717, 1.165) is 11.4 Å². The van der Waals surface area contributed by atoms with Gasteiger partial charge >= 0.3 is 0 Å². The minimum Gasteiger partial charge on any atom is -0.487 e. The summed E-state index contributed by atoms with van der Waals surface area (Å²) in [4.78, 5) is 0. The second-order valence-corrected chi connectivity index (χ2v) is 4.72. The Balaban J connectivity index is 1.97. The Morgan fingerprint density at radius 2 is 1.81 bits per heavy atom. The lowest BCUT2D eigenvalue weighted by Crippen LogP contribution is -1.99. The molecule has 0 saturated heterocycles. The van der Waals surface area contributed by atoms with Gasteiger partial charge in [0.25, 0.3) is 0 Å². The molecule has 1 aromatic heterocycles. The summed E-state index contributed by atoms with van der Waals surface area (Å²) in [5, 5.41) is 8.03. The highest BCUT2D eigenvalue weighted by Crippen LogP contribution is 2.14. The van der Waals surface area contributed by atoms with E-state index in [9.17, 15) is 0 Å². The predicted molar refractivity (Wildman–Crippen MR) is 70.5 cm³/mol. The van der Waals surface area contributed by atoms with Crippen molar-refractivity contribution in [1.29, 1.82) is 0 Å². The molecule has 0 bridgehead atoms. The molecule has 0 saturated carbocycles. The largest absolute Gasteiger partial charge is 0.487 e. The molecule has 0 fully saturated rings. The SMILES string of the molecule is Clc1ccc(COc2ccc(I)cc2)nn1. The summed E-state index contributed by atoms with van der Waals surface area (Å²) in [6, 6.07) is 11.3. The van der Waals surface area contributed by atoms with Gasteiger partial charge in [0.05, 0.1) is 0 Å². The monoisotopic (exact) mass is 346 g/mol. The van der Waals surface area contributed by atoms with Crippen LogP contribution in [0.3, 0.4) is 0 Å². The van der Waals surface area contributed by atoms with E-state index in [4.69, 9.17) is 16.3 Å². The second kappa shape index (κ2) is 5.45. The van der Waals surface area contributed by atoms with Crippen LogP contribution in [-0.2, 0) is 6.61 Å². The summed E-state index contributed by atoms with van der Waals surface area (Å²) in [7, 11) is 0. The van der Waals surface area contributed by atoms with Crippen molar-refractivity contribution in [3.8, 4) is 5.75 Å². The number of aromatic nitrogens is 2. The van der Waals surface area contributed by atoms with Crippen LogP contribution in [-0.4, -0.2) is 10.2 Å². The van der Waals surface area contributed by atoms with E-state index < -0.39 is 0 Å². The number of nitrogens with zero attached hydrogens (tertiary/aromatic N) is 2. The van der Waals surface area contributed by atoms with E-state index in [2.05, 4.69) is 32.8 Å². The van der Waals surface area contributed by atoms with Crippen LogP contribution < -0.4 is 4.74 Å². The van der Waals surface area contributed by atoms with Gasteiger partial charge in [0.1, 0.15) is 18.1 Å². The molecule has 1 heterocycles. The number of benzene rings is 1. The third-order valence-corrected chi connectivity index (χ3v) is 2.81. The van der Waals surface area contributed by atoms with Crippen LogP contribution in [0.4, 0.5) is 0 Å². The van der Waals surface area contributed by atoms with Crippen molar-refractivity contribution >= 4 is 34.2 Å². The first-order valence-corrected chi connectivity index (χ1v) is 6.06. The smallest absolute Gasteiger partial charge is 0.151 e. The van der Waals surface area contributed by atoms with Gasteiger partial charge in [0.2, 0.25) is 0 Å². The molecule has 1 aromatic carbocycles. The molecule has 5 heteroatoms. The van der Waals surface area contributed by atoms with Gasteiger partial charge in [-0.3, -0.25) is 0 Å². The molecule has 0 unspecified atom stereocenters. The average molecular weight is 347 g/mol. The number of hydrogen-bond donors (Lipinski definition) is 0. The Morgan fingerprint density at radius 1 is 1.06 bits per heavy atom. The maximum atomic E-state index is 5.63. The Bertz CT molecular complexity index is 413. The normalized spacial score (nSPS) is 10.1. The molecule has 0 aliphatic heterocycles. The summed E-state index contributed by atoms with van der Waals surface area (Å²) < 4.78 is 6.72. The van der Waals surface area contributed by atoms with Gasteiger partial charge in [-0.2, -0.15) is 5.10 Å². The van der Waals surface area contributed by atoms with Gasteiger partial charge in [0.15, 0.2) is 5.15 Å². The Kier molecular flexibility index (Phi) is 3.95. The lowest BCUT2D eigenvalue weighted by Gasteiger charge is -2.04. The van der Waals surface area contributed by atoms with E-state index in [0.29, 0.717) is 11.8 Å². The number of rotatable bonds is 3. The lowest BCUT2D eigenvalue weighted by atomic mass is 10.3. The summed E-state index contributed by atoms with van der Waals surface area (Å²) in [6.07, 6.45) is 0. The van der Waals surface area contributed by atoms with Crippen LogP contribution in [0, 0.1) is 3.57 Å². The molecule has 0 amide bonds. The fourth-order valence-corrected chi connectivity index (χ4v) is 1.57. The molecule has 2 aromatic rings. The highest BCUT2D eigenvalue weighted by Gasteiger charge is 1.98. The van der Waals surface area contributed by atoms with Crippen molar-refractivity contribution in [3.63, 3.8) is 0 Å². The Labute approximate surface area is 112 Å². The zero-order valence-corrected chi connectivity index (χ0v) is 11.1. The van der Waals surface area contributed by atoms with Gasteiger partial charge in [-0.25, -0.2) is 0 Å². The second-order valence-electron chi connectivity index (χ2n) is 3.09. The minimum absolute atomic E-state index is 0.387. The molecular formula is C11H8ClIN2O. The lowest BCUT2D eigenvalue weighted by molar-refractivity contribution is 0.300.